The molecule has 0 unspecified atom stereocenters. The molecule has 6 nitrogen and oxygen atoms in total. The lowest BCUT2D eigenvalue weighted by atomic mass is 9.51. The highest BCUT2D eigenvalue weighted by molar-refractivity contribution is 5.88. The summed E-state index contributed by atoms with van der Waals surface area (Å²) in [5, 5.41) is 37.7. The summed E-state index contributed by atoms with van der Waals surface area (Å²) in [4.78, 5) is 0. The van der Waals surface area contributed by atoms with E-state index in [0.29, 0.717) is 5.56 Å². The maximum absolute atomic E-state index is 13.2. The van der Waals surface area contributed by atoms with E-state index in [1.54, 1.807) is 6.92 Å². The first kappa shape index (κ1) is 15.9. The van der Waals surface area contributed by atoms with Crippen molar-refractivity contribution < 1.29 is 13.9 Å². The number of benzene rings is 1. The molecule has 3 aliphatic rings. The Morgan fingerprint density at radius 3 is 2.21 bits per heavy atom. The molecule has 7 heteroatoms. The number of hydrogen-bond donors (Lipinski definition) is 1. The molecule has 2 bridgehead atoms. The van der Waals surface area contributed by atoms with Crippen molar-refractivity contribution in [1.29, 1.82) is 21.2 Å². The van der Waals surface area contributed by atoms with Crippen LogP contribution in [0.2, 0.25) is 0 Å². The Morgan fingerprint density at radius 2 is 1.71 bits per heavy atom. The summed E-state index contributed by atoms with van der Waals surface area (Å²) < 4.78 is 24.6. The quantitative estimate of drug-likeness (QED) is 0.853. The predicted molar refractivity (Wildman–Crippen MR) is 78.3 cm³/mol. The topological polar surface area (TPSA) is 114 Å². The summed E-state index contributed by atoms with van der Waals surface area (Å²) in [7, 11) is 0. The van der Waals surface area contributed by atoms with Crippen molar-refractivity contribution in [3.63, 3.8) is 0 Å². The second-order valence-corrected chi connectivity index (χ2v) is 6.17. The second-order valence-electron chi connectivity index (χ2n) is 6.17. The van der Waals surface area contributed by atoms with Gasteiger partial charge < -0.3 is 9.47 Å². The molecule has 24 heavy (non-hydrogen) atoms. The van der Waals surface area contributed by atoms with Crippen LogP contribution in [0.4, 0.5) is 4.39 Å². The van der Waals surface area contributed by atoms with Gasteiger partial charge in [0.1, 0.15) is 11.9 Å². The summed E-state index contributed by atoms with van der Waals surface area (Å²) >= 11 is 0. The molecular formula is C17H13FN4O2. The van der Waals surface area contributed by atoms with Gasteiger partial charge in [0.25, 0.3) is 0 Å². The lowest BCUT2D eigenvalue weighted by Gasteiger charge is -2.60. The van der Waals surface area contributed by atoms with Gasteiger partial charge in [0.05, 0.1) is 24.1 Å². The van der Waals surface area contributed by atoms with E-state index in [9.17, 15) is 20.2 Å². The number of ether oxygens (including phenoxy) is 2. The van der Waals surface area contributed by atoms with Crippen LogP contribution in [0.15, 0.2) is 24.3 Å². The molecule has 3 fully saturated rings. The van der Waals surface area contributed by atoms with Gasteiger partial charge in [-0.05, 0) is 17.7 Å². The molecule has 0 spiro atoms. The molecule has 4 rings (SSSR count). The first-order chi connectivity index (χ1) is 11.3. The van der Waals surface area contributed by atoms with E-state index in [0.717, 1.165) is 0 Å². The third-order valence-corrected chi connectivity index (χ3v) is 5.17. The first-order valence-electron chi connectivity index (χ1n) is 7.26. The van der Waals surface area contributed by atoms with E-state index in [-0.39, 0.29) is 0 Å². The fraction of sp³-hybridized carbons (Fsp3) is 0.412. The van der Waals surface area contributed by atoms with E-state index < -0.39 is 40.4 Å². The van der Waals surface area contributed by atoms with Crippen molar-refractivity contribution in [3.05, 3.63) is 35.6 Å². The van der Waals surface area contributed by atoms with Crippen LogP contribution >= 0.6 is 0 Å². The molecule has 0 radical (unpaired) electrons. The highest BCUT2D eigenvalue weighted by atomic mass is 19.1. The minimum atomic E-state index is -1.94. The molecule has 120 valence electrons. The Balaban J connectivity index is 2.32. The lowest BCUT2D eigenvalue weighted by molar-refractivity contribution is -0.338. The van der Waals surface area contributed by atoms with Gasteiger partial charge in [-0.2, -0.15) is 15.8 Å². The van der Waals surface area contributed by atoms with Crippen LogP contribution in [-0.4, -0.2) is 11.7 Å². The van der Waals surface area contributed by atoms with Crippen LogP contribution in [0.25, 0.3) is 0 Å². The van der Waals surface area contributed by atoms with Crippen molar-refractivity contribution in [2.45, 2.75) is 25.7 Å². The van der Waals surface area contributed by atoms with Crippen LogP contribution in [-0.2, 0) is 9.47 Å². The first-order valence-corrected chi connectivity index (χ1v) is 7.26. The SMILES string of the molecule is C[C@H]1C(C#N)(C#N)[C@@]2(C#N)C(=N)O[C@@]1(C)O[C@H]2c1ccc(F)cc1. The van der Waals surface area contributed by atoms with E-state index in [2.05, 4.69) is 0 Å². The maximum atomic E-state index is 13.2. The van der Waals surface area contributed by atoms with Gasteiger partial charge in [-0.25, -0.2) is 4.39 Å². The summed E-state index contributed by atoms with van der Waals surface area (Å²) in [6.45, 7) is 3.12. The standard InChI is InChI=1S/C17H13FN4O2/c1-10-15(2)23-13(11-3-5-12(18)6-4-11)17(9-21,14(22)24-15)16(10,7-19)8-20/h3-6,10,13,22H,1-2H3/t10-,13+,15-,17-/m1/s1. The van der Waals surface area contributed by atoms with E-state index in [1.807, 2.05) is 18.2 Å². The highest BCUT2D eigenvalue weighted by Crippen LogP contribution is 2.66. The molecule has 1 aromatic rings. The molecule has 0 saturated carbocycles. The Morgan fingerprint density at radius 1 is 1.12 bits per heavy atom. The minimum Gasteiger partial charge on any atom is -0.448 e. The fourth-order valence-corrected chi connectivity index (χ4v) is 3.61. The zero-order chi connectivity index (χ0) is 17.8. The average molecular weight is 324 g/mol. The zero-order valence-corrected chi connectivity index (χ0v) is 13.0. The molecule has 4 atom stereocenters. The van der Waals surface area contributed by atoms with Crippen LogP contribution in [0.1, 0.15) is 25.5 Å². The second kappa shape index (κ2) is 4.77. The highest BCUT2D eigenvalue weighted by Gasteiger charge is 2.77. The predicted octanol–water partition coefficient (Wildman–Crippen LogP) is 2.80. The number of nitrogens with zero attached hydrogens (tertiary/aromatic N) is 3. The van der Waals surface area contributed by atoms with Gasteiger partial charge in [-0.15, -0.1) is 0 Å². The normalized spacial score (nSPS) is 36.1. The number of hydrogen-bond acceptors (Lipinski definition) is 6. The van der Waals surface area contributed by atoms with Crippen molar-refractivity contribution >= 4 is 5.90 Å². The van der Waals surface area contributed by atoms with Gasteiger partial charge in [-0.3, -0.25) is 5.41 Å². The molecule has 3 aliphatic heterocycles. The largest absolute Gasteiger partial charge is 0.448 e. The monoisotopic (exact) mass is 324 g/mol. The zero-order valence-electron chi connectivity index (χ0n) is 13.0. The molecule has 0 aromatic heterocycles. The summed E-state index contributed by atoms with van der Waals surface area (Å²) in [5.41, 5.74) is -3.37. The third-order valence-electron chi connectivity index (χ3n) is 5.17. The Kier molecular flexibility index (Phi) is 3.17. The van der Waals surface area contributed by atoms with Gasteiger partial charge in [0.2, 0.25) is 11.7 Å². The van der Waals surface area contributed by atoms with Crippen LogP contribution < -0.4 is 0 Å². The number of halogens is 1. The van der Waals surface area contributed by atoms with Gasteiger partial charge in [0, 0.05) is 6.92 Å². The smallest absolute Gasteiger partial charge is 0.215 e. The van der Waals surface area contributed by atoms with Crippen LogP contribution in [0.5, 0.6) is 0 Å². The molecule has 3 heterocycles. The molecule has 3 saturated heterocycles. The average Bonchev–Trinajstić information content (AvgIpc) is 2.57. The summed E-state index contributed by atoms with van der Waals surface area (Å²) in [6, 6.07) is 11.1. The molecule has 0 aliphatic carbocycles. The van der Waals surface area contributed by atoms with Crippen molar-refractivity contribution in [3.8, 4) is 18.2 Å². The van der Waals surface area contributed by atoms with Crippen molar-refractivity contribution in [1.82, 2.24) is 0 Å². The summed E-state index contributed by atoms with van der Waals surface area (Å²) in [6.07, 6.45) is -1.09. The van der Waals surface area contributed by atoms with Crippen molar-refractivity contribution in [2.24, 2.45) is 16.7 Å². The molecule has 0 amide bonds. The number of fused-ring (bicyclic) bond motifs is 3. The molecule has 1 aromatic carbocycles. The van der Waals surface area contributed by atoms with Gasteiger partial charge in [-0.1, -0.05) is 19.1 Å². The third kappa shape index (κ3) is 1.56. The van der Waals surface area contributed by atoms with Crippen LogP contribution in [0.3, 0.4) is 0 Å². The molecular weight excluding hydrogens is 311 g/mol. The maximum Gasteiger partial charge on any atom is 0.215 e. The Hall–Kier alpha value is -2.95. The van der Waals surface area contributed by atoms with E-state index >= 15 is 0 Å². The molecule has 1 N–H and O–H groups in total. The van der Waals surface area contributed by atoms with E-state index in [4.69, 9.17) is 14.9 Å². The van der Waals surface area contributed by atoms with Crippen molar-refractivity contribution in [2.75, 3.05) is 0 Å². The van der Waals surface area contributed by atoms with E-state index in [1.165, 1.54) is 31.2 Å². The summed E-state index contributed by atoms with van der Waals surface area (Å²) in [5.74, 6) is -3.14. The Bertz CT molecular complexity index is 833. The number of nitriles is 3. The number of rotatable bonds is 1. The minimum absolute atomic E-state index is 0.402. The van der Waals surface area contributed by atoms with Crippen LogP contribution in [0, 0.1) is 62.0 Å². The Labute approximate surface area is 138 Å². The van der Waals surface area contributed by atoms with Gasteiger partial charge in [0.15, 0.2) is 10.8 Å². The fourth-order valence-electron chi connectivity index (χ4n) is 3.61. The van der Waals surface area contributed by atoms with Gasteiger partial charge >= 0.3 is 0 Å². The number of nitrogens with one attached hydrogen (secondary N) is 1. The lowest BCUT2D eigenvalue weighted by Crippen LogP contribution is -2.71.